The van der Waals surface area contributed by atoms with Crippen LogP contribution in [0.5, 0.6) is 0 Å². The summed E-state index contributed by atoms with van der Waals surface area (Å²) in [5, 5.41) is 25.2. The predicted octanol–water partition coefficient (Wildman–Crippen LogP) is 1.41. The molecule has 0 amide bonds. The summed E-state index contributed by atoms with van der Waals surface area (Å²) in [7, 11) is 0. The quantitative estimate of drug-likeness (QED) is 0.461. The number of rotatable bonds is 7. The monoisotopic (exact) mass is 372 g/mol. The van der Waals surface area contributed by atoms with Crippen molar-refractivity contribution in [3.05, 3.63) is 96.1 Å². The van der Waals surface area contributed by atoms with Crippen LogP contribution in [0.4, 0.5) is 0 Å². The topological polar surface area (TPSA) is 97.3 Å². The van der Waals surface area contributed by atoms with Crippen LogP contribution in [-0.4, -0.2) is 17.7 Å². The van der Waals surface area contributed by atoms with Crippen molar-refractivity contribution in [1.82, 2.24) is 0 Å². The molecule has 0 heterocycles. The Bertz CT molecular complexity index is 1080. The van der Waals surface area contributed by atoms with Crippen LogP contribution in [0, 0.1) is 0 Å². The molecule has 3 rings (SSSR count). The summed E-state index contributed by atoms with van der Waals surface area (Å²) in [6.45, 7) is 3.44. The maximum absolute atomic E-state index is 12.9. The molecule has 0 saturated heterocycles. The summed E-state index contributed by atoms with van der Waals surface area (Å²) in [4.78, 5) is 36.9. The maximum atomic E-state index is 12.9. The van der Waals surface area contributed by atoms with Gasteiger partial charge in [0.1, 0.15) is 0 Å². The summed E-state index contributed by atoms with van der Waals surface area (Å²) in [5.74, 6) is -4.01. The fourth-order valence-corrected chi connectivity index (χ4v) is 3.41. The Morgan fingerprint density at radius 3 is 2.07 bits per heavy atom. The number of carboxylic acid groups (broad SMARTS) is 2. The summed E-state index contributed by atoms with van der Waals surface area (Å²) < 4.78 is 0. The van der Waals surface area contributed by atoms with Crippen molar-refractivity contribution < 1.29 is 24.6 Å². The lowest BCUT2D eigenvalue weighted by Crippen LogP contribution is -2.52. The van der Waals surface area contributed by atoms with Crippen molar-refractivity contribution >= 4 is 28.5 Å². The number of carbonyl (C=O) groups is 3. The van der Waals surface area contributed by atoms with Gasteiger partial charge in [0.25, 0.3) is 0 Å². The predicted molar refractivity (Wildman–Crippen MR) is 100 cm³/mol. The van der Waals surface area contributed by atoms with E-state index in [-0.39, 0.29) is 11.1 Å². The number of hydrogen-bond donors (Lipinski definition) is 0. The van der Waals surface area contributed by atoms with E-state index in [2.05, 4.69) is 6.58 Å². The normalized spacial score (nSPS) is 12.9. The van der Waals surface area contributed by atoms with E-state index in [4.69, 9.17) is 0 Å². The molecular formula is C23H16O5-2. The molecule has 3 aromatic carbocycles. The van der Waals surface area contributed by atoms with E-state index in [1.807, 2.05) is 0 Å². The van der Waals surface area contributed by atoms with E-state index in [0.29, 0.717) is 10.8 Å². The molecule has 140 valence electrons. The molecule has 1 atom stereocenters. The molecule has 5 nitrogen and oxygen atoms in total. The van der Waals surface area contributed by atoms with E-state index >= 15 is 0 Å². The number of hydrogen-bond acceptors (Lipinski definition) is 5. The van der Waals surface area contributed by atoms with E-state index in [9.17, 15) is 24.6 Å². The van der Waals surface area contributed by atoms with Crippen LogP contribution in [0.15, 0.2) is 84.9 Å². The Kier molecular flexibility index (Phi) is 5.09. The van der Waals surface area contributed by atoms with Crippen LogP contribution in [-0.2, 0) is 15.0 Å². The van der Waals surface area contributed by atoms with Crippen LogP contribution in [0.25, 0.3) is 10.8 Å². The summed E-state index contributed by atoms with van der Waals surface area (Å²) in [6.07, 6.45) is -0.653. The van der Waals surface area contributed by atoms with Crippen LogP contribution < -0.4 is 10.2 Å². The molecule has 0 aromatic heterocycles. The number of ketones is 1. The van der Waals surface area contributed by atoms with Gasteiger partial charge in [-0.05, 0) is 21.9 Å². The average molecular weight is 372 g/mol. The van der Waals surface area contributed by atoms with Gasteiger partial charge in [-0.1, -0.05) is 79.4 Å². The molecule has 0 aliphatic rings. The zero-order valence-electron chi connectivity index (χ0n) is 14.9. The highest BCUT2D eigenvalue weighted by Gasteiger charge is 2.41. The van der Waals surface area contributed by atoms with E-state index in [1.165, 1.54) is 18.2 Å². The molecule has 3 aromatic rings. The lowest BCUT2D eigenvalue weighted by Gasteiger charge is -2.38. The van der Waals surface area contributed by atoms with Crippen LogP contribution in [0.1, 0.15) is 22.3 Å². The second-order valence-corrected chi connectivity index (χ2v) is 6.45. The number of Topliss-reactive ketones (excluding diaryl/α,β-unsaturated/α-hetero) is 1. The number of aliphatic carboxylic acids is 2. The van der Waals surface area contributed by atoms with Crippen molar-refractivity contribution in [1.29, 1.82) is 0 Å². The molecule has 0 fully saturated rings. The number of fused-ring (bicyclic) bond motifs is 1. The van der Waals surface area contributed by atoms with Gasteiger partial charge < -0.3 is 19.8 Å². The minimum atomic E-state index is -2.27. The van der Waals surface area contributed by atoms with Gasteiger partial charge in [0.2, 0.25) is 0 Å². The second kappa shape index (κ2) is 7.48. The third kappa shape index (κ3) is 3.18. The smallest absolute Gasteiger partial charge is 0.164 e. The maximum Gasteiger partial charge on any atom is 0.164 e. The molecular weight excluding hydrogens is 356 g/mol. The molecule has 0 aliphatic heterocycles. The second-order valence-electron chi connectivity index (χ2n) is 6.45. The minimum Gasteiger partial charge on any atom is -0.549 e. The van der Waals surface area contributed by atoms with Crippen molar-refractivity contribution in [2.75, 3.05) is 0 Å². The van der Waals surface area contributed by atoms with Crippen molar-refractivity contribution in [2.24, 2.45) is 0 Å². The summed E-state index contributed by atoms with van der Waals surface area (Å²) in [6, 6.07) is 19.8. The lowest BCUT2D eigenvalue weighted by atomic mass is 9.69. The summed E-state index contributed by atoms with van der Waals surface area (Å²) >= 11 is 0. The third-order valence-electron chi connectivity index (χ3n) is 4.88. The van der Waals surface area contributed by atoms with Gasteiger partial charge in [-0.2, -0.15) is 0 Å². The molecule has 28 heavy (non-hydrogen) atoms. The molecule has 5 heteroatoms. The van der Waals surface area contributed by atoms with Gasteiger partial charge in [-0.25, -0.2) is 0 Å². The van der Waals surface area contributed by atoms with E-state index in [0.717, 1.165) is 0 Å². The Labute approximate surface area is 161 Å². The van der Waals surface area contributed by atoms with Gasteiger partial charge in [-0.3, -0.25) is 4.79 Å². The molecule has 0 bridgehead atoms. The van der Waals surface area contributed by atoms with Gasteiger partial charge in [0, 0.05) is 12.0 Å². The zero-order chi connectivity index (χ0) is 20.3. The molecule has 0 spiro atoms. The van der Waals surface area contributed by atoms with Gasteiger partial charge in [-0.15, -0.1) is 0 Å². The first-order valence-electron chi connectivity index (χ1n) is 8.56. The third-order valence-corrected chi connectivity index (χ3v) is 4.88. The highest BCUT2D eigenvalue weighted by molar-refractivity contribution is 6.08. The van der Waals surface area contributed by atoms with Crippen molar-refractivity contribution in [2.45, 2.75) is 11.8 Å². The Hall–Kier alpha value is -3.73. The minimum absolute atomic E-state index is 0.129. The Morgan fingerprint density at radius 2 is 1.43 bits per heavy atom. The fourth-order valence-electron chi connectivity index (χ4n) is 3.41. The van der Waals surface area contributed by atoms with Crippen molar-refractivity contribution in [3.63, 3.8) is 0 Å². The molecule has 0 radical (unpaired) electrons. The van der Waals surface area contributed by atoms with Crippen molar-refractivity contribution in [3.8, 4) is 0 Å². The van der Waals surface area contributed by atoms with Gasteiger partial charge in [0.15, 0.2) is 5.78 Å². The van der Waals surface area contributed by atoms with Gasteiger partial charge >= 0.3 is 0 Å². The Morgan fingerprint density at radius 1 is 0.821 bits per heavy atom. The van der Waals surface area contributed by atoms with E-state index < -0.39 is 35.1 Å². The fraction of sp³-hybridized carbons (Fsp3) is 0.0870. The highest BCUT2D eigenvalue weighted by atomic mass is 16.4. The highest BCUT2D eigenvalue weighted by Crippen LogP contribution is 2.39. The lowest BCUT2D eigenvalue weighted by molar-refractivity contribution is -0.316. The largest absolute Gasteiger partial charge is 0.549 e. The Balaban J connectivity index is 2.27. The number of benzene rings is 3. The number of carbonyl (C=O) groups excluding carboxylic acids is 3. The number of carboxylic acids is 2. The first kappa shape index (κ1) is 19.0. The molecule has 0 saturated carbocycles. The van der Waals surface area contributed by atoms with Crippen LogP contribution in [0.3, 0.4) is 0 Å². The molecule has 0 N–H and O–H groups in total. The van der Waals surface area contributed by atoms with Gasteiger partial charge in [0.05, 0.1) is 17.4 Å². The zero-order valence-corrected chi connectivity index (χ0v) is 14.9. The SMILES string of the molecule is C=C(C(=O)[O-])C(CC(=O)c1ccccc1)(C(=O)[O-])c1cccc2ccccc12. The standard InChI is InChI=1S/C23H18O5/c1-15(21(25)26)23(22(27)28,14-20(24)17-9-3-2-4-10-17)19-13-7-11-16-8-5-6-12-18(16)19/h2-13H,1,14H2,(H,25,26)(H,27,28)/p-2. The van der Waals surface area contributed by atoms with Crippen LogP contribution >= 0.6 is 0 Å². The van der Waals surface area contributed by atoms with Crippen LogP contribution in [0.2, 0.25) is 0 Å². The molecule has 1 unspecified atom stereocenters. The first-order chi connectivity index (χ1) is 13.4. The molecule has 0 aliphatic carbocycles. The van der Waals surface area contributed by atoms with E-state index in [1.54, 1.807) is 54.6 Å². The summed E-state index contributed by atoms with van der Waals surface area (Å²) in [5.41, 5.74) is -2.61. The first-order valence-corrected chi connectivity index (χ1v) is 8.56. The average Bonchev–Trinajstić information content (AvgIpc) is 2.71.